The molecular formula is C12H15FO. The van der Waals surface area contributed by atoms with Gasteiger partial charge >= 0.3 is 0 Å². The van der Waals surface area contributed by atoms with Gasteiger partial charge in [0.15, 0.2) is 11.6 Å². The predicted octanol–water partition coefficient (Wildman–Crippen LogP) is 3.48. The maximum atomic E-state index is 13.2. The van der Waals surface area contributed by atoms with E-state index in [-0.39, 0.29) is 5.82 Å². The smallest absolute Gasteiger partial charge is 0.165 e. The van der Waals surface area contributed by atoms with Crippen LogP contribution in [0, 0.1) is 12.7 Å². The van der Waals surface area contributed by atoms with Crippen LogP contribution >= 0.6 is 0 Å². The van der Waals surface area contributed by atoms with Gasteiger partial charge in [-0.05, 0) is 31.0 Å². The Morgan fingerprint density at radius 1 is 1.36 bits per heavy atom. The highest BCUT2D eigenvalue weighted by Gasteiger charge is 2.01. The SMILES string of the molecule is CCC=CCOc1ccc(C)cc1F. The molecule has 0 atom stereocenters. The van der Waals surface area contributed by atoms with Crippen LogP contribution in [0.2, 0.25) is 0 Å². The van der Waals surface area contributed by atoms with E-state index in [4.69, 9.17) is 4.74 Å². The molecule has 0 aliphatic carbocycles. The minimum Gasteiger partial charge on any atom is -0.486 e. The van der Waals surface area contributed by atoms with Crippen LogP contribution in [-0.4, -0.2) is 6.61 Å². The van der Waals surface area contributed by atoms with Crippen LogP contribution in [0.15, 0.2) is 30.4 Å². The maximum Gasteiger partial charge on any atom is 0.165 e. The van der Waals surface area contributed by atoms with Gasteiger partial charge in [0.1, 0.15) is 6.61 Å². The molecule has 0 radical (unpaired) electrons. The Hall–Kier alpha value is -1.31. The molecule has 0 aromatic heterocycles. The molecule has 0 heterocycles. The van der Waals surface area contributed by atoms with Crippen LogP contribution in [-0.2, 0) is 0 Å². The van der Waals surface area contributed by atoms with Crippen molar-refractivity contribution in [1.29, 1.82) is 0 Å². The second kappa shape index (κ2) is 5.43. The Bertz CT molecular complexity index is 318. The van der Waals surface area contributed by atoms with Gasteiger partial charge in [-0.3, -0.25) is 0 Å². The van der Waals surface area contributed by atoms with E-state index in [1.54, 1.807) is 6.07 Å². The second-order valence-corrected chi connectivity index (χ2v) is 3.12. The molecule has 76 valence electrons. The summed E-state index contributed by atoms with van der Waals surface area (Å²) in [7, 11) is 0. The summed E-state index contributed by atoms with van der Waals surface area (Å²) in [6.45, 7) is 4.32. The molecule has 0 saturated heterocycles. The molecule has 0 unspecified atom stereocenters. The zero-order chi connectivity index (χ0) is 10.4. The summed E-state index contributed by atoms with van der Waals surface area (Å²) in [5.41, 5.74) is 0.902. The van der Waals surface area contributed by atoms with Gasteiger partial charge in [-0.2, -0.15) is 0 Å². The van der Waals surface area contributed by atoms with Crippen LogP contribution in [0.5, 0.6) is 5.75 Å². The zero-order valence-corrected chi connectivity index (χ0v) is 8.59. The van der Waals surface area contributed by atoms with Crippen molar-refractivity contribution in [3.8, 4) is 5.75 Å². The summed E-state index contributed by atoms with van der Waals surface area (Å²) in [6, 6.07) is 4.96. The van der Waals surface area contributed by atoms with Crippen molar-refractivity contribution in [2.45, 2.75) is 20.3 Å². The number of hydrogen-bond donors (Lipinski definition) is 0. The average Bonchev–Trinajstić information content (AvgIpc) is 2.15. The van der Waals surface area contributed by atoms with E-state index < -0.39 is 0 Å². The quantitative estimate of drug-likeness (QED) is 0.667. The number of rotatable bonds is 4. The van der Waals surface area contributed by atoms with Gasteiger partial charge in [0, 0.05) is 0 Å². The third kappa shape index (κ3) is 3.21. The highest BCUT2D eigenvalue weighted by molar-refractivity contribution is 5.28. The number of benzene rings is 1. The van der Waals surface area contributed by atoms with Crippen LogP contribution < -0.4 is 4.74 Å². The van der Waals surface area contributed by atoms with E-state index in [1.807, 2.05) is 32.1 Å². The van der Waals surface area contributed by atoms with Crippen LogP contribution in [0.4, 0.5) is 4.39 Å². The molecule has 1 aromatic rings. The Balaban J connectivity index is 2.55. The fourth-order valence-corrected chi connectivity index (χ4v) is 1.10. The fraction of sp³-hybridized carbons (Fsp3) is 0.333. The lowest BCUT2D eigenvalue weighted by atomic mass is 10.2. The normalized spacial score (nSPS) is 10.8. The highest BCUT2D eigenvalue weighted by atomic mass is 19.1. The van der Waals surface area contributed by atoms with Crippen molar-refractivity contribution in [2.24, 2.45) is 0 Å². The van der Waals surface area contributed by atoms with E-state index in [1.165, 1.54) is 6.07 Å². The summed E-state index contributed by atoms with van der Waals surface area (Å²) in [6.07, 6.45) is 4.85. The average molecular weight is 194 g/mol. The van der Waals surface area contributed by atoms with E-state index in [9.17, 15) is 4.39 Å². The molecule has 0 fully saturated rings. The standard InChI is InChI=1S/C12H15FO/c1-3-4-5-8-14-12-7-6-10(2)9-11(12)13/h4-7,9H,3,8H2,1-2H3. The zero-order valence-electron chi connectivity index (χ0n) is 8.59. The van der Waals surface area contributed by atoms with Gasteiger partial charge < -0.3 is 4.74 Å². The number of ether oxygens (including phenoxy) is 1. The molecule has 14 heavy (non-hydrogen) atoms. The maximum absolute atomic E-state index is 13.2. The number of aryl methyl sites for hydroxylation is 1. The molecule has 0 aliphatic rings. The van der Waals surface area contributed by atoms with E-state index in [2.05, 4.69) is 0 Å². The highest BCUT2D eigenvalue weighted by Crippen LogP contribution is 2.17. The second-order valence-electron chi connectivity index (χ2n) is 3.12. The van der Waals surface area contributed by atoms with Crippen molar-refractivity contribution in [3.05, 3.63) is 41.7 Å². The lowest BCUT2D eigenvalue weighted by Gasteiger charge is -2.04. The first-order valence-electron chi connectivity index (χ1n) is 4.78. The van der Waals surface area contributed by atoms with Crippen molar-refractivity contribution < 1.29 is 9.13 Å². The molecule has 0 spiro atoms. The molecule has 0 aliphatic heterocycles. The monoisotopic (exact) mass is 194 g/mol. The molecule has 0 saturated carbocycles. The van der Waals surface area contributed by atoms with Crippen molar-refractivity contribution >= 4 is 0 Å². The summed E-state index contributed by atoms with van der Waals surface area (Å²) in [5, 5.41) is 0. The minimum absolute atomic E-state index is 0.296. The first-order valence-corrected chi connectivity index (χ1v) is 4.78. The molecule has 0 N–H and O–H groups in total. The van der Waals surface area contributed by atoms with Crippen molar-refractivity contribution in [1.82, 2.24) is 0 Å². The Morgan fingerprint density at radius 3 is 2.79 bits per heavy atom. The largest absolute Gasteiger partial charge is 0.486 e. The van der Waals surface area contributed by atoms with Gasteiger partial charge in [-0.1, -0.05) is 25.1 Å². The number of hydrogen-bond acceptors (Lipinski definition) is 1. The number of allylic oxidation sites excluding steroid dienone is 1. The van der Waals surface area contributed by atoms with Gasteiger partial charge in [0.25, 0.3) is 0 Å². The Kier molecular flexibility index (Phi) is 4.17. The lowest BCUT2D eigenvalue weighted by molar-refractivity contribution is 0.341. The number of halogens is 1. The molecule has 1 nitrogen and oxygen atoms in total. The Morgan fingerprint density at radius 2 is 2.14 bits per heavy atom. The molecule has 1 rings (SSSR count). The molecular weight excluding hydrogens is 179 g/mol. The summed E-state index contributed by atoms with van der Waals surface area (Å²) < 4.78 is 18.4. The third-order valence-corrected chi connectivity index (χ3v) is 1.82. The topological polar surface area (TPSA) is 9.23 Å². The molecule has 1 aromatic carbocycles. The van der Waals surface area contributed by atoms with Crippen LogP contribution in [0.3, 0.4) is 0 Å². The van der Waals surface area contributed by atoms with Gasteiger partial charge in [-0.15, -0.1) is 0 Å². The first kappa shape index (κ1) is 10.8. The summed E-state index contributed by atoms with van der Waals surface area (Å²) in [4.78, 5) is 0. The third-order valence-electron chi connectivity index (χ3n) is 1.82. The molecule has 0 bridgehead atoms. The summed E-state index contributed by atoms with van der Waals surface area (Å²) >= 11 is 0. The summed E-state index contributed by atoms with van der Waals surface area (Å²) in [5.74, 6) is 0.0197. The van der Waals surface area contributed by atoms with Crippen LogP contribution in [0.1, 0.15) is 18.9 Å². The van der Waals surface area contributed by atoms with Crippen molar-refractivity contribution in [3.63, 3.8) is 0 Å². The lowest BCUT2D eigenvalue weighted by Crippen LogP contribution is -1.96. The van der Waals surface area contributed by atoms with Crippen LogP contribution in [0.25, 0.3) is 0 Å². The molecule has 2 heteroatoms. The molecule has 0 amide bonds. The van der Waals surface area contributed by atoms with Gasteiger partial charge in [-0.25, -0.2) is 4.39 Å². The fourth-order valence-electron chi connectivity index (χ4n) is 1.10. The van der Waals surface area contributed by atoms with E-state index >= 15 is 0 Å². The van der Waals surface area contributed by atoms with E-state index in [0.717, 1.165) is 12.0 Å². The first-order chi connectivity index (χ1) is 6.74. The van der Waals surface area contributed by atoms with E-state index in [0.29, 0.717) is 12.4 Å². The Labute approximate surface area is 84.2 Å². The van der Waals surface area contributed by atoms with Gasteiger partial charge in [0.2, 0.25) is 0 Å². The van der Waals surface area contributed by atoms with Crippen molar-refractivity contribution in [2.75, 3.05) is 6.61 Å². The minimum atomic E-state index is -0.296. The predicted molar refractivity (Wildman–Crippen MR) is 56.1 cm³/mol. The van der Waals surface area contributed by atoms with Gasteiger partial charge in [0.05, 0.1) is 0 Å².